The Morgan fingerprint density at radius 3 is 3.06 bits per heavy atom. The molecule has 1 aliphatic rings. The summed E-state index contributed by atoms with van der Waals surface area (Å²) in [6, 6.07) is 6.04. The highest BCUT2D eigenvalue weighted by Crippen LogP contribution is 2.23. The van der Waals surface area contributed by atoms with Crippen LogP contribution in [0.4, 0.5) is 5.69 Å². The van der Waals surface area contributed by atoms with E-state index in [0.717, 1.165) is 44.2 Å². The molecular formula is C16H21NO. The maximum atomic E-state index is 12.0. The highest BCUT2D eigenvalue weighted by Gasteiger charge is 2.13. The van der Waals surface area contributed by atoms with Crippen molar-refractivity contribution in [2.45, 2.75) is 38.5 Å². The lowest BCUT2D eigenvalue weighted by molar-refractivity contribution is 0.0979. The lowest BCUT2D eigenvalue weighted by Crippen LogP contribution is -1.99. The lowest BCUT2D eigenvalue weighted by Gasteiger charge is -2.04. The first-order chi connectivity index (χ1) is 8.81. The number of anilines is 1. The molecular weight excluding hydrogens is 222 g/mol. The Balaban J connectivity index is 1.83. The molecule has 1 N–H and O–H groups in total. The van der Waals surface area contributed by atoms with Gasteiger partial charge in [0.15, 0.2) is 5.78 Å². The molecule has 1 heterocycles. The van der Waals surface area contributed by atoms with Crippen LogP contribution in [0, 0.1) is 0 Å². The predicted octanol–water partition coefficient (Wildman–Crippen LogP) is 3.97. The average Bonchev–Trinajstić information content (AvgIpc) is 2.85. The number of carbonyl (C=O) groups excluding carboxylic acids is 1. The summed E-state index contributed by atoms with van der Waals surface area (Å²) in [6.45, 7) is 4.70. The summed E-state index contributed by atoms with van der Waals surface area (Å²) in [5.41, 5.74) is 3.35. The molecule has 1 aromatic rings. The number of benzene rings is 1. The van der Waals surface area contributed by atoms with E-state index in [4.69, 9.17) is 0 Å². The molecule has 0 saturated heterocycles. The van der Waals surface area contributed by atoms with Crippen LogP contribution in [0.3, 0.4) is 0 Å². The Morgan fingerprint density at radius 1 is 1.33 bits per heavy atom. The number of carbonyl (C=O) groups is 1. The molecule has 2 heteroatoms. The summed E-state index contributed by atoms with van der Waals surface area (Å²) in [4.78, 5) is 12.0. The first-order valence-corrected chi connectivity index (χ1v) is 6.82. The van der Waals surface area contributed by atoms with Gasteiger partial charge < -0.3 is 5.32 Å². The topological polar surface area (TPSA) is 29.1 Å². The van der Waals surface area contributed by atoms with E-state index in [1.54, 1.807) is 0 Å². The zero-order chi connectivity index (χ0) is 12.8. The minimum atomic E-state index is 0.281. The van der Waals surface area contributed by atoms with Gasteiger partial charge in [-0.15, -0.1) is 6.58 Å². The second kappa shape index (κ2) is 6.39. The Kier molecular flexibility index (Phi) is 4.57. The lowest BCUT2D eigenvalue weighted by atomic mass is 10.0. The molecule has 0 aromatic heterocycles. The maximum absolute atomic E-state index is 12.0. The van der Waals surface area contributed by atoms with Crippen LogP contribution in [0.1, 0.15) is 48.0 Å². The molecule has 0 atom stereocenters. The van der Waals surface area contributed by atoms with Crippen LogP contribution in [0.25, 0.3) is 0 Å². The largest absolute Gasteiger partial charge is 0.384 e. The summed E-state index contributed by atoms with van der Waals surface area (Å²) >= 11 is 0. The van der Waals surface area contributed by atoms with Crippen LogP contribution in [0.15, 0.2) is 30.9 Å². The van der Waals surface area contributed by atoms with Crippen molar-refractivity contribution in [1.29, 1.82) is 0 Å². The van der Waals surface area contributed by atoms with Gasteiger partial charge in [-0.1, -0.05) is 12.5 Å². The van der Waals surface area contributed by atoms with Gasteiger partial charge in [-0.2, -0.15) is 0 Å². The summed E-state index contributed by atoms with van der Waals surface area (Å²) < 4.78 is 0. The quantitative estimate of drug-likeness (QED) is 0.446. The summed E-state index contributed by atoms with van der Waals surface area (Å²) in [5, 5.41) is 3.31. The fraction of sp³-hybridized carbons (Fsp3) is 0.438. The van der Waals surface area contributed by atoms with E-state index in [0.29, 0.717) is 6.42 Å². The van der Waals surface area contributed by atoms with Gasteiger partial charge in [0.1, 0.15) is 0 Å². The van der Waals surface area contributed by atoms with E-state index in [9.17, 15) is 4.79 Å². The molecule has 0 radical (unpaired) electrons. The van der Waals surface area contributed by atoms with Gasteiger partial charge in [-0.3, -0.25) is 4.79 Å². The highest BCUT2D eigenvalue weighted by atomic mass is 16.1. The Hall–Kier alpha value is -1.57. The number of allylic oxidation sites excluding steroid dienone is 1. The monoisotopic (exact) mass is 243 g/mol. The van der Waals surface area contributed by atoms with Crippen LogP contribution < -0.4 is 5.32 Å². The van der Waals surface area contributed by atoms with Gasteiger partial charge >= 0.3 is 0 Å². The summed E-state index contributed by atoms with van der Waals surface area (Å²) in [6.07, 6.45) is 7.95. The van der Waals surface area contributed by atoms with Crippen molar-refractivity contribution < 1.29 is 4.79 Å². The third-order valence-electron chi connectivity index (χ3n) is 3.45. The van der Waals surface area contributed by atoms with E-state index < -0.39 is 0 Å². The van der Waals surface area contributed by atoms with Crippen molar-refractivity contribution >= 4 is 11.5 Å². The van der Waals surface area contributed by atoms with Crippen LogP contribution in [-0.2, 0) is 6.42 Å². The third-order valence-corrected chi connectivity index (χ3v) is 3.45. The first kappa shape index (κ1) is 12.9. The normalized spacial score (nSPS) is 12.9. The predicted molar refractivity (Wildman–Crippen MR) is 76.2 cm³/mol. The van der Waals surface area contributed by atoms with Crippen molar-refractivity contribution in [1.82, 2.24) is 0 Å². The van der Waals surface area contributed by atoms with Crippen LogP contribution in [0.5, 0.6) is 0 Å². The van der Waals surface area contributed by atoms with E-state index in [-0.39, 0.29) is 5.78 Å². The van der Waals surface area contributed by atoms with Gasteiger partial charge in [0.25, 0.3) is 0 Å². The molecule has 96 valence electrons. The standard InChI is InChI=1S/C16H21NO/c1-2-3-4-5-6-7-16(18)14-8-9-15-13(12-14)10-11-17-15/h2,8-9,12,17H,1,3-7,10-11H2. The van der Waals surface area contributed by atoms with Crippen LogP contribution in [0.2, 0.25) is 0 Å². The zero-order valence-corrected chi connectivity index (χ0v) is 10.9. The Morgan fingerprint density at radius 2 is 2.22 bits per heavy atom. The SMILES string of the molecule is C=CCCCCCC(=O)c1ccc2c(c1)CCN2. The summed E-state index contributed by atoms with van der Waals surface area (Å²) in [5.74, 6) is 0.281. The second-order valence-electron chi connectivity index (χ2n) is 4.86. The highest BCUT2D eigenvalue weighted by molar-refractivity contribution is 5.96. The van der Waals surface area contributed by atoms with Gasteiger partial charge in [0, 0.05) is 24.2 Å². The van der Waals surface area contributed by atoms with Gasteiger partial charge in [0.05, 0.1) is 0 Å². The second-order valence-corrected chi connectivity index (χ2v) is 4.86. The molecule has 0 spiro atoms. The number of nitrogens with one attached hydrogen (secondary N) is 1. The van der Waals surface area contributed by atoms with E-state index in [1.165, 1.54) is 11.3 Å². The molecule has 1 aromatic carbocycles. The smallest absolute Gasteiger partial charge is 0.162 e. The Labute approximate surface area is 109 Å². The van der Waals surface area contributed by atoms with Crippen molar-refractivity contribution in [3.8, 4) is 0 Å². The van der Waals surface area contributed by atoms with E-state index >= 15 is 0 Å². The number of unbranched alkanes of at least 4 members (excludes halogenated alkanes) is 3. The number of hydrogen-bond donors (Lipinski definition) is 1. The van der Waals surface area contributed by atoms with Crippen LogP contribution in [-0.4, -0.2) is 12.3 Å². The minimum Gasteiger partial charge on any atom is -0.384 e. The third kappa shape index (κ3) is 3.22. The van der Waals surface area contributed by atoms with Crippen LogP contribution >= 0.6 is 0 Å². The van der Waals surface area contributed by atoms with Gasteiger partial charge in [-0.25, -0.2) is 0 Å². The molecule has 18 heavy (non-hydrogen) atoms. The fourth-order valence-corrected chi connectivity index (χ4v) is 2.37. The molecule has 0 saturated carbocycles. The van der Waals surface area contributed by atoms with Gasteiger partial charge in [0.2, 0.25) is 0 Å². The molecule has 0 fully saturated rings. The van der Waals surface area contributed by atoms with E-state index in [1.807, 2.05) is 18.2 Å². The number of hydrogen-bond acceptors (Lipinski definition) is 2. The number of fused-ring (bicyclic) bond motifs is 1. The molecule has 2 nitrogen and oxygen atoms in total. The molecule has 0 aliphatic carbocycles. The van der Waals surface area contributed by atoms with Crippen molar-refractivity contribution in [2.24, 2.45) is 0 Å². The van der Waals surface area contributed by atoms with Gasteiger partial charge in [-0.05, 0) is 49.4 Å². The molecule has 1 aliphatic heterocycles. The van der Waals surface area contributed by atoms with E-state index in [2.05, 4.69) is 18.0 Å². The average molecular weight is 243 g/mol. The molecule has 0 bridgehead atoms. The molecule has 2 rings (SSSR count). The zero-order valence-electron chi connectivity index (χ0n) is 10.9. The fourth-order valence-electron chi connectivity index (χ4n) is 2.37. The number of rotatable bonds is 7. The summed E-state index contributed by atoms with van der Waals surface area (Å²) in [7, 11) is 0. The van der Waals surface area contributed by atoms with Crippen molar-refractivity contribution in [2.75, 3.05) is 11.9 Å². The first-order valence-electron chi connectivity index (χ1n) is 6.82. The molecule has 0 amide bonds. The van der Waals surface area contributed by atoms with Crippen molar-refractivity contribution in [3.63, 3.8) is 0 Å². The minimum absolute atomic E-state index is 0.281. The number of ketones is 1. The van der Waals surface area contributed by atoms with Crippen molar-refractivity contribution in [3.05, 3.63) is 42.0 Å². The number of Topliss-reactive ketones (excluding diaryl/α,β-unsaturated/α-hetero) is 1. The molecule has 0 unspecified atom stereocenters. The maximum Gasteiger partial charge on any atom is 0.162 e. The Bertz CT molecular complexity index is 437.